The van der Waals surface area contributed by atoms with Crippen molar-refractivity contribution in [1.29, 1.82) is 0 Å². The third-order valence-electron chi connectivity index (χ3n) is 7.72. The van der Waals surface area contributed by atoms with Crippen LogP contribution in [-0.4, -0.2) is 78.0 Å². The van der Waals surface area contributed by atoms with Crippen molar-refractivity contribution >= 4 is 45.8 Å². The first-order valence-corrected chi connectivity index (χ1v) is 14.8. The highest BCUT2D eigenvalue weighted by atomic mass is 16.5. The fourth-order valence-corrected chi connectivity index (χ4v) is 5.08. The summed E-state index contributed by atoms with van der Waals surface area (Å²) in [6, 6.07) is 8.73. The van der Waals surface area contributed by atoms with Crippen molar-refractivity contribution in [3.63, 3.8) is 0 Å². The molecule has 1 saturated heterocycles. The molecule has 0 saturated carbocycles. The fraction of sp³-hybridized carbons (Fsp3) is 0.424. The van der Waals surface area contributed by atoms with E-state index in [0.29, 0.717) is 53.3 Å². The fourth-order valence-electron chi connectivity index (χ4n) is 5.08. The standard InChI is InChI=1S/C33H41N7O5/c1-8-16-45-22-13-11-21(12-14-22)37-29-23-17-25(27(44-7)18-24(23)35-19-36-29)38-31(42)26-10-9-15-40(26)32(43)28(33(3,4)5)39-30(41)20(2)34-6/h1,11-14,17-20,26,28,34H,9-10,15-16H2,2-7H3,(H,38,42)(H,39,41)(H,35,36,37)/t20-,26-,28+/m0/s1. The summed E-state index contributed by atoms with van der Waals surface area (Å²) >= 11 is 0. The van der Waals surface area contributed by atoms with E-state index in [1.54, 1.807) is 43.1 Å². The summed E-state index contributed by atoms with van der Waals surface area (Å²) in [7, 11) is 3.19. The van der Waals surface area contributed by atoms with Gasteiger partial charge in [0.2, 0.25) is 17.7 Å². The number of aromatic nitrogens is 2. The van der Waals surface area contributed by atoms with Gasteiger partial charge in [0.05, 0.1) is 24.4 Å². The van der Waals surface area contributed by atoms with E-state index in [9.17, 15) is 14.4 Å². The number of amides is 3. The molecule has 2 heterocycles. The Bertz CT molecular complexity index is 1580. The summed E-state index contributed by atoms with van der Waals surface area (Å²) in [5, 5.41) is 12.7. The number of carbonyl (C=O) groups excluding carboxylic acids is 3. The van der Waals surface area contributed by atoms with E-state index >= 15 is 0 Å². The molecule has 1 aliphatic heterocycles. The third-order valence-corrected chi connectivity index (χ3v) is 7.72. The molecular formula is C33H41N7O5. The Kier molecular flexibility index (Phi) is 10.5. The first-order chi connectivity index (χ1) is 21.5. The molecule has 3 amide bonds. The predicted molar refractivity (Wildman–Crippen MR) is 173 cm³/mol. The molecule has 0 radical (unpaired) electrons. The molecule has 238 valence electrons. The molecule has 0 bridgehead atoms. The van der Waals surface area contributed by atoms with Gasteiger partial charge in [-0.3, -0.25) is 14.4 Å². The monoisotopic (exact) mass is 615 g/mol. The van der Waals surface area contributed by atoms with E-state index in [-0.39, 0.29) is 24.3 Å². The van der Waals surface area contributed by atoms with Gasteiger partial charge in [0.15, 0.2) is 0 Å². The van der Waals surface area contributed by atoms with Gasteiger partial charge in [-0.15, -0.1) is 6.42 Å². The lowest BCUT2D eigenvalue weighted by molar-refractivity contribution is -0.143. The Morgan fingerprint density at radius 2 is 1.89 bits per heavy atom. The first-order valence-electron chi connectivity index (χ1n) is 14.8. The Morgan fingerprint density at radius 1 is 1.16 bits per heavy atom. The van der Waals surface area contributed by atoms with Crippen LogP contribution >= 0.6 is 0 Å². The molecule has 12 nitrogen and oxygen atoms in total. The lowest BCUT2D eigenvalue weighted by Crippen LogP contribution is -2.59. The summed E-state index contributed by atoms with van der Waals surface area (Å²) < 4.78 is 11.0. The van der Waals surface area contributed by atoms with Crippen LogP contribution in [0.2, 0.25) is 0 Å². The summed E-state index contributed by atoms with van der Waals surface area (Å²) in [4.78, 5) is 50.7. The number of rotatable bonds is 11. The maximum atomic E-state index is 13.8. The Hall–Kier alpha value is -4.89. The molecule has 1 fully saturated rings. The summed E-state index contributed by atoms with van der Waals surface area (Å²) in [5.74, 6) is 3.08. The van der Waals surface area contributed by atoms with E-state index in [0.717, 1.165) is 5.69 Å². The van der Waals surface area contributed by atoms with Gasteiger partial charge < -0.3 is 35.6 Å². The summed E-state index contributed by atoms with van der Waals surface area (Å²) in [5.41, 5.74) is 1.19. The number of nitrogens with zero attached hydrogens (tertiary/aromatic N) is 3. The van der Waals surface area contributed by atoms with Crippen LogP contribution in [-0.2, 0) is 14.4 Å². The molecule has 45 heavy (non-hydrogen) atoms. The zero-order valence-electron chi connectivity index (χ0n) is 26.6. The Balaban J connectivity index is 1.57. The highest BCUT2D eigenvalue weighted by Crippen LogP contribution is 2.34. The lowest BCUT2D eigenvalue weighted by atomic mass is 9.85. The van der Waals surface area contributed by atoms with Crippen LogP contribution in [0.25, 0.3) is 10.9 Å². The Morgan fingerprint density at radius 3 is 2.53 bits per heavy atom. The van der Waals surface area contributed by atoms with Gasteiger partial charge in [-0.1, -0.05) is 26.7 Å². The molecule has 0 aliphatic carbocycles. The van der Waals surface area contributed by atoms with Gasteiger partial charge >= 0.3 is 0 Å². The summed E-state index contributed by atoms with van der Waals surface area (Å²) in [6.45, 7) is 7.97. The molecule has 1 aliphatic rings. The van der Waals surface area contributed by atoms with E-state index in [4.69, 9.17) is 15.9 Å². The van der Waals surface area contributed by atoms with Crippen molar-refractivity contribution in [1.82, 2.24) is 25.5 Å². The van der Waals surface area contributed by atoms with Crippen LogP contribution in [0.4, 0.5) is 17.2 Å². The van der Waals surface area contributed by atoms with Crippen LogP contribution in [0.1, 0.15) is 40.5 Å². The average molecular weight is 616 g/mol. The Labute approximate surface area is 263 Å². The number of hydrogen-bond acceptors (Lipinski definition) is 9. The number of methoxy groups -OCH3 is 1. The molecule has 3 aromatic rings. The maximum Gasteiger partial charge on any atom is 0.247 e. The highest BCUT2D eigenvalue weighted by molar-refractivity contribution is 6.03. The van der Waals surface area contributed by atoms with Crippen molar-refractivity contribution in [2.24, 2.45) is 5.41 Å². The molecule has 4 rings (SSSR count). The van der Waals surface area contributed by atoms with Gasteiger partial charge in [-0.25, -0.2) is 9.97 Å². The number of hydrogen-bond donors (Lipinski definition) is 4. The largest absolute Gasteiger partial charge is 0.494 e. The molecule has 4 N–H and O–H groups in total. The van der Waals surface area contributed by atoms with E-state index in [1.807, 2.05) is 32.9 Å². The van der Waals surface area contributed by atoms with Crippen LogP contribution in [0.15, 0.2) is 42.7 Å². The topological polar surface area (TPSA) is 147 Å². The van der Waals surface area contributed by atoms with Gasteiger partial charge in [0, 0.05) is 23.7 Å². The average Bonchev–Trinajstić information content (AvgIpc) is 3.52. The van der Waals surface area contributed by atoms with E-state index < -0.39 is 23.5 Å². The van der Waals surface area contributed by atoms with Crippen LogP contribution in [0.5, 0.6) is 11.5 Å². The zero-order chi connectivity index (χ0) is 32.7. The van der Waals surface area contributed by atoms with Crippen molar-refractivity contribution in [3.8, 4) is 23.8 Å². The minimum atomic E-state index is -0.812. The molecular weight excluding hydrogens is 574 g/mol. The predicted octanol–water partition coefficient (Wildman–Crippen LogP) is 3.46. The number of likely N-dealkylation sites (tertiary alicyclic amines) is 1. The quantitative estimate of drug-likeness (QED) is 0.238. The van der Waals surface area contributed by atoms with Crippen molar-refractivity contribution < 1.29 is 23.9 Å². The lowest BCUT2D eigenvalue weighted by Gasteiger charge is -2.36. The molecule has 0 unspecified atom stereocenters. The van der Waals surface area contributed by atoms with E-state index in [2.05, 4.69) is 37.2 Å². The number of benzene rings is 2. The van der Waals surface area contributed by atoms with Gasteiger partial charge in [-0.05, 0) is 62.6 Å². The number of likely N-dealkylation sites (N-methyl/N-ethyl adjacent to an activating group) is 1. The smallest absolute Gasteiger partial charge is 0.247 e. The van der Waals surface area contributed by atoms with Crippen molar-refractivity contribution in [2.75, 3.05) is 37.9 Å². The summed E-state index contributed by atoms with van der Waals surface area (Å²) in [6.07, 6.45) is 7.85. The van der Waals surface area contributed by atoms with Gasteiger partial charge in [-0.2, -0.15) is 0 Å². The van der Waals surface area contributed by atoms with Crippen LogP contribution < -0.4 is 30.7 Å². The second kappa shape index (κ2) is 14.3. The minimum Gasteiger partial charge on any atom is -0.494 e. The normalized spacial score (nSPS) is 15.9. The molecule has 0 spiro atoms. The number of fused-ring (bicyclic) bond motifs is 1. The highest BCUT2D eigenvalue weighted by Gasteiger charge is 2.42. The SMILES string of the molecule is C#CCOc1ccc(Nc2ncnc3cc(OC)c(NC(=O)[C@@H]4CCCN4C(=O)[C@@H](NC(=O)[C@H](C)NC)C(C)(C)C)cc23)cc1. The van der Waals surface area contributed by atoms with Gasteiger partial charge in [0.1, 0.15) is 42.3 Å². The molecule has 12 heteroatoms. The number of nitrogens with one attached hydrogen (secondary N) is 4. The van der Waals surface area contributed by atoms with Crippen molar-refractivity contribution in [2.45, 2.75) is 58.7 Å². The first kappa shape index (κ1) is 33.0. The van der Waals surface area contributed by atoms with Gasteiger partial charge in [0.25, 0.3) is 0 Å². The maximum absolute atomic E-state index is 13.8. The third kappa shape index (κ3) is 7.80. The number of ether oxygens (including phenoxy) is 2. The number of anilines is 3. The van der Waals surface area contributed by atoms with Crippen molar-refractivity contribution in [3.05, 3.63) is 42.7 Å². The number of terminal acetylenes is 1. The number of carbonyl (C=O) groups is 3. The van der Waals surface area contributed by atoms with E-state index in [1.165, 1.54) is 13.4 Å². The van der Waals surface area contributed by atoms with Crippen LogP contribution in [0, 0.1) is 17.8 Å². The molecule has 2 aromatic carbocycles. The van der Waals surface area contributed by atoms with Crippen LogP contribution in [0.3, 0.4) is 0 Å². The minimum absolute atomic E-state index is 0.177. The molecule has 1 aromatic heterocycles. The molecule has 3 atom stereocenters. The zero-order valence-corrected chi connectivity index (χ0v) is 26.6. The second-order valence-electron chi connectivity index (χ2n) is 11.9. The second-order valence-corrected chi connectivity index (χ2v) is 11.9.